The van der Waals surface area contributed by atoms with Crippen LogP contribution in [-0.2, 0) is 16.6 Å². The van der Waals surface area contributed by atoms with Crippen LogP contribution in [0.3, 0.4) is 0 Å². The third-order valence-electron chi connectivity index (χ3n) is 6.09. The molecule has 3 heteroatoms. The Labute approximate surface area is 174 Å². The molecule has 0 amide bonds. The van der Waals surface area contributed by atoms with Gasteiger partial charge in [0.25, 0.3) is 0 Å². The number of hydrogen-bond donors (Lipinski definition) is 0. The van der Waals surface area contributed by atoms with Gasteiger partial charge in [0, 0.05) is 22.1 Å². The number of carbonyl (C=O) groups excluding carboxylic acids is 1. The van der Waals surface area contributed by atoms with Crippen LogP contribution in [0.5, 0.6) is 5.75 Å². The van der Waals surface area contributed by atoms with Crippen molar-refractivity contribution >= 4 is 5.97 Å². The van der Waals surface area contributed by atoms with E-state index < -0.39 is 0 Å². The molecule has 2 aromatic carbocycles. The molecule has 3 rings (SSSR count). The number of fused-ring (bicyclic) bond motifs is 1. The summed E-state index contributed by atoms with van der Waals surface area (Å²) in [5.41, 5.74) is 5.18. The summed E-state index contributed by atoms with van der Waals surface area (Å²) in [5, 5.41) is 0. The number of ether oxygens (including phenoxy) is 2. The third-order valence-corrected chi connectivity index (χ3v) is 6.09. The molecule has 3 nitrogen and oxygen atoms in total. The Hall–Kier alpha value is -2.73. The SMILES string of the molecule is CCOC(=O)c1ccc(C#Cc2cc3c(cc2CC)OCCC3(CC)CC)cc1. The molecule has 0 aromatic heterocycles. The van der Waals surface area contributed by atoms with E-state index in [9.17, 15) is 4.79 Å². The fraction of sp³-hybridized carbons (Fsp3) is 0.423. The van der Waals surface area contributed by atoms with Gasteiger partial charge >= 0.3 is 5.97 Å². The first-order chi connectivity index (χ1) is 14.1. The summed E-state index contributed by atoms with van der Waals surface area (Å²) in [7, 11) is 0. The van der Waals surface area contributed by atoms with Gasteiger partial charge < -0.3 is 9.47 Å². The lowest BCUT2D eigenvalue weighted by Crippen LogP contribution is -2.32. The Morgan fingerprint density at radius 2 is 1.79 bits per heavy atom. The van der Waals surface area contributed by atoms with Crippen molar-refractivity contribution in [2.75, 3.05) is 13.2 Å². The summed E-state index contributed by atoms with van der Waals surface area (Å²) >= 11 is 0. The highest BCUT2D eigenvalue weighted by Gasteiger charge is 2.35. The van der Waals surface area contributed by atoms with Crippen LogP contribution in [0.1, 0.15) is 79.6 Å². The minimum Gasteiger partial charge on any atom is -0.493 e. The summed E-state index contributed by atoms with van der Waals surface area (Å²) in [5.74, 6) is 7.36. The quantitative estimate of drug-likeness (QED) is 0.488. The zero-order chi connectivity index (χ0) is 20.9. The fourth-order valence-electron chi connectivity index (χ4n) is 4.08. The Kier molecular flexibility index (Phi) is 6.64. The summed E-state index contributed by atoms with van der Waals surface area (Å²) in [4.78, 5) is 11.8. The van der Waals surface area contributed by atoms with E-state index in [0.29, 0.717) is 12.2 Å². The van der Waals surface area contributed by atoms with Crippen molar-refractivity contribution in [2.24, 2.45) is 0 Å². The maximum atomic E-state index is 11.8. The van der Waals surface area contributed by atoms with Gasteiger partial charge in [0.15, 0.2) is 0 Å². The molecule has 152 valence electrons. The largest absolute Gasteiger partial charge is 0.493 e. The Morgan fingerprint density at radius 1 is 1.07 bits per heavy atom. The number of rotatable bonds is 5. The van der Waals surface area contributed by atoms with Gasteiger partial charge in [-0.1, -0.05) is 32.6 Å². The first-order valence-electron chi connectivity index (χ1n) is 10.7. The van der Waals surface area contributed by atoms with Crippen molar-refractivity contribution in [3.05, 3.63) is 64.2 Å². The maximum Gasteiger partial charge on any atom is 0.338 e. The third kappa shape index (κ3) is 4.32. The topological polar surface area (TPSA) is 35.5 Å². The van der Waals surface area contributed by atoms with Crippen molar-refractivity contribution in [1.29, 1.82) is 0 Å². The van der Waals surface area contributed by atoms with Crippen LogP contribution in [0.4, 0.5) is 0 Å². The lowest BCUT2D eigenvalue weighted by atomic mass is 9.71. The first-order valence-corrected chi connectivity index (χ1v) is 10.7. The molecule has 0 atom stereocenters. The van der Waals surface area contributed by atoms with E-state index in [1.54, 1.807) is 19.1 Å². The van der Waals surface area contributed by atoms with E-state index in [1.807, 2.05) is 12.1 Å². The van der Waals surface area contributed by atoms with Crippen LogP contribution >= 0.6 is 0 Å². The minimum absolute atomic E-state index is 0.178. The molecule has 0 saturated heterocycles. The predicted octanol–water partition coefficient (Wildman–Crippen LogP) is 5.67. The zero-order valence-electron chi connectivity index (χ0n) is 17.9. The molecule has 0 bridgehead atoms. The highest BCUT2D eigenvalue weighted by atomic mass is 16.5. The van der Waals surface area contributed by atoms with Crippen molar-refractivity contribution in [3.63, 3.8) is 0 Å². The number of esters is 1. The predicted molar refractivity (Wildman–Crippen MR) is 117 cm³/mol. The van der Waals surface area contributed by atoms with Crippen molar-refractivity contribution < 1.29 is 14.3 Å². The molecule has 0 N–H and O–H groups in total. The van der Waals surface area contributed by atoms with Gasteiger partial charge in [0.1, 0.15) is 5.75 Å². The summed E-state index contributed by atoms with van der Waals surface area (Å²) in [6.45, 7) is 9.65. The monoisotopic (exact) mass is 390 g/mol. The zero-order valence-corrected chi connectivity index (χ0v) is 17.9. The molecule has 1 heterocycles. The van der Waals surface area contributed by atoms with Gasteiger partial charge in [-0.05, 0) is 74.6 Å². The molecule has 1 aliphatic rings. The molecule has 0 spiro atoms. The molecule has 29 heavy (non-hydrogen) atoms. The lowest BCUT2D eigenvalue weighted by molar-refractivity contribution is 0.0526. The van der Waals surface area contributed by atoms with Gasteiger partial charge in [0.05, 0.1) is 18.8 Å². The van der Waals surface area contributed by atoms with E-state index >= 15 is 0 Å². The van der Waals surface area contributed by atoms with Gasteiger partial charge in [-0.25, -0.2) is 4.79 Å². The van der Waals surface area contributed by atoms with Gasteiger partial charge in [-0.3, -0.25) is 0 Å². The average molecular weight is 391 g/mol. The lowest BCUT2D eigenvalue weighted by Gasteiger charge is -2.38. The van der Waals surface area contributed by atoms with Gasteiger partial charge in [-0.2, -0.15) is 0 Å². The Balaban J connectivity index is 1.95. The second kappa shape index (κ2) is 9.18. The number of carbonyl (C=O) groups is 1. The standard InChI is InChI=1S/C26H30O3/c1-5-20-18-24-23(26(6-2,7-3)15-16-29-24)17-22(20)14-11-19-9-12-21(13-10-19)25(27)28-8-4/h9-10,12-13,17-18H,5-8,15-16H2,1-4H3. The maximum absolute atomic E-state index is 11.8. The van der Waals surface area contributed by atoms with Crippen LogP contribution in [0.25, 0.3) is 0 Å². The van der Waals surface area contributed by atoms with Crippen LogP contribution < -0.4 is 4.74 Å². The molecule has 0 fully saturated rings. The average Bonchev–Trinajstić information content (AvgIpc) is 2.77. The van der Waals surface area contributed by atoms with E-state index in [2.05, 4.69) is 44.7 Å². The molecule has 0 aliphatic carbocycles. The molecule has 0 saturated carbocycles. The van der Waals surface area contributed by atoms with Crippen LogP contribution in [-0.4, -0.2) is 19.2 Å². The second-order valence-corrected chi connectivity index (χ2v) is 7.49. The molecule has 0 unspecified atom stereocenters. The van der Waals surface area contributed by atoms with Crippen LogP contribution in [0.15, 0.2) is 36.4 Å². The molecule has 0 radical (unpaired) electrons. The van der Waals surface area contributed by atoms with Gasteiger partial charge in [-0.15, -0.1) is 0 Å². The molecule has 2 aromatic rings. The van der Waals surface area contributed by atoms with Crippen LogP contribution in [0.2, 0.25) is 0 Å². The van der Waals surface area contributed by atoms with E-state index in [0.717, 1.165) is 49.2 Å². The van der Waals surface area contributed by atoms with E-state index in [-0.39, 0.29) is 11.4 Å². The summed E-state index contributed by atoms with van der Waals surface area (Å²) in [6.07, 6.45) is 4.18. The number of hydrogen-bond acceptors (Lipinski definition) is 3. The second-order valence-electron chi connectivity index (χ2n) is 7.49. The number of aryl methyl sites for hydroxylation is 1. The fourth-order valence-corrected chi connectivity index (χ4v) is 4.08. The van der Waals surface area contributed by atoms with E-state index in [4.69, 9.17) is 9.47 Å². The summed E-state index contributed by atoms with van der Waals surface area (Å²) < 4.78 is 11.0. The Morgan fingerprint density at radius 3 is 2.41 bits per heavy atom. The minimum atomic E-state index is -0.301. The van der Waals surface area contributed by atoms with E-state index in [1.165, 1.54) is 11.1 Å². The number of benzene rings is 2. The highest BCUT2D eigenvalue weighted by Crippen LogP contribution is 2.44. The highest BCUT2D eigenvalue weighted by molar-refractivity contribution is 5.89. The van der Waals surface area contributed by atoms with Crippen molar-refractivity contribution in [2.45, 2.75) is 58.8 Å². The molecule has 1 aliphatic heterocycles. The first kappa shape index (κ1) is 21.0. The Bertz CT molecular complexity index is 925. The van der Waals surface area contributed by atoms with Crippen LogP contribution in [0, 0.1) is 11.8 Å². The normalized spacial score (nSPS) is 14.2. The summed E-state index contributed by atoms with van der Waals surface area (Å²) in [6, 6.07) is 11.7. The smallest absolute Gasteiger partial charge is 0.338 e. The van der Waals surface area contributed by atoms with Crippen molar-refractivity contribution in [1.82, 2.24) is 0 Å². The van der Waals surface area contributed by atoms with Crippen molar-refractivity contribution in [3.8, 4) is 17.6 Å². The van der Waals surface area contributed by atoms with Gasteiger partial charge in [0.2, 0.25) is 0 Å². The molecular formula is C26H30O3. The molecular weight excluding hydrogens is 360 g/mol.